The minimum atomic E-state index is -0.103. The van der Waals surface area contributed by atoms with Gasteiger partial charge in [-0.15, -0.1) is 0 Å². The fourth-order valence-electron chi connectivity index (χ4n) is 5.82. The molecule has 9 nitrogen and oxygen atoms in total. The molecule has 1 aliphatic heterocycles. The van der Waals surface area contributed by atoms with Crippen LogP contribution in [0.4, 0.5) is 0 Å². The van der Waals surface area contributed by atoms with E-state index in [1.807, 2.05) is 12.3 Å². The highest BCUT2D eigenvalue weighted by Gasteiger charge is 2.51. The van der Waals surface area contributed by atoms with Gasteiger partial charge in [-0.05, 0) is 44.9 Å². The number of imidazole rings is 1. The third-order valence-corrected chi connectivity index (χ3v) is 8.68. The topological polar surface area (TPSA) is 104 Å². The number of nitrogens with one attached hydrogen (secondary N) is 1. The summed E-state index contributed by atoms with van der Waals surface area (Å²) >= 11 is 1.54. The van der Waals surface area contributed by atoms with Gasteiger partial charge in [0, 0.05) is 35.4 Å². The molecular weight excluding hydrogens is 454 g/mol. The lowest BCUT2D eigenvalue weighted by molar-refractivity contribution is -0.00145. The van der Waals surface area contributed by atoms with E-state index in [9.17, 15) is 4.79 Å². The smallest absolute Gasteiger partial charge is 0.301 e. The second kappa shape index (κ2) is 8.64. The van der Waals surface area contributed by atoms with Crippen molar-refractivity contribution in [3.63, 3.8) is 0 Å². The zero-order valence-corrected chi connectivity index (χ0v) is 20.4. The van der Waals surface area contributed by atoms with Crippen molar-refractivity contribution in [3.05, 3.63) is 27.8 Å². The Balaban J connectivity index is 1.26. The maximum atomic E-state index is 13.4. The average Bonchev–Trinajstić information content (AvgIpc) is 3.64. The van der Waals surface area contributed by atoms with Crippen LogP contribution in [0.3, 0.4) is 0 Å². The predicted molar refractivity (Wildman–Crippen MR) is 128 cm³/mol. The van der Waals surface area contributed by atoms with Crippen LogP contribution in [0.5, 0.6) is 11.2 Å². The van der Waals surface area contributed by atoms with E-state index in [0.717, 1.165) is 69.0 Å². The number of aromatic nitrogens is 5. The summed E-state index contributed by atoms with van der Waals surface area (Å²) in [5.41, 5.74) is 1.04. The Morgan fingerprint density at radius 3 is 2.74 bits per heavy atom. The van der Waals surface area contributed by atoms with Crippen molar-refractivity contribution in [1.82, 2.24) is 24.5 Å². The Hall–Kier alpha value is -2.46. The summed E-state index contributed by atoms with van der Waals surface area (Å²) in [6.45, 7) is 4.54. The quantitative estimate of drug-likeness (QED) is 0.517. The van der Waals surface area contributed by atoms with Gasteiger partial charge in [0.25, 0.3) is 10.8 Å². The molecule has 1 atom stereocenters. The summed E-state index contributed by atoms with van der Waals surface area (Å²) < 4.78 is 19.2. The molecule has 3 aromatic rings. The highest BCUT2D eigenvalue weighted by atomic mass is 32.1. The molecule has 0 aromatic carbocycles. The van der Waals surface area contributed by atoms with Crippen molar-refractivity contribution >= 4 is 22.5 Å². The maximum Gasteiger partial charge on any atom is 0.301 e. The van der Waals surface area contributed by atoms with Crippen molar-refractivity contribution in [2.45, 2.75) is 76.4 Å². The molecule has 4 aliphatic rings. The number of rotatable bonds is 8. The molecule has 4 heterocycles. The first-order valence-corrected chi connectivity index (χ1v) is 13.3. The lowest BCUT2D eigenvalue weighted by Gasteiger charge is -2.52. The van der Waals surface area contributed by atoms with Gasteiger partial charge in [-0.2, -0.15) is 4.98 Å². The van der Waals surface area contributed by atoms with Crippen LogP contribution in [0.2, 0.25) is 0 Å². The Labute approximate surface area is 201 Å². The monoisotopic (exact) mass is 485 g/mol. The Morgan fingerprint density at radius 2 is 2.06 bits per heavy atom. The number of aromatic amines is 1. The largest absolute Gasteiger partial charge is 0.469 e. The summed E-state index contributed by atoms with van der Waals surface area (Å²) in [6.07, 6.45) is 9.76. The van der Waals surface area contributed by atoms with E-state index in [1.165, 1.54) is 0 Å². The number of nitrogens with zero attached hydrogens (tertiary/aromatic N) is 4. The van der Waals surface area contributed by atoms with E-state index in [0.29, 0.717) is 36.9 Å². The van der Waals surface area contributed by atoms with Crippen LogP contribution in [-0.2, 0) is 16.7 Å². The normalized spacial score (nSPS) is 28.6. The van der Waals surface area contributed by atoms with Crippen LogP contribution in [0.25, 0.3) is 11.2 Å². The molecule has 3 aliphatic carbocycles. The number of H-pyrrole nitrogens is 1. The summed E-state index contributed by atoms with van der Waals surface area (Å²) in [6, 6.07) is 0.357. The van der Waals surface area contributed by atoms with Gasteiger partial charge in [-0.3, -0.25) is 9.36 Å². The van der Waals surface area contributed by atoms with Crippen LogP contribution >= 0.6 is 11.3 Å². The van der Waals surface area contributed by atoms with Crippen LogP contribution < -0.4 is 15.0 Å². The van der Waals surface area contributed by atoms with Crippen molar-refractivity contribution in [1.29, 1.82) is 0 Å². The van der Waals surface area contributed by atoms with E-state index in [4.69, 9.17) is 24.2 Å². The summed E-state index contributed by atoms with van der Waals surface area (Å²) in [5, 5.41) is 2.70. The van der Waals surface area contributed by atoms with Crippen LogP contribution in [0, 0.1) is 5.41 Å². The van der Waals surface area contributed by atoms with Crippen molar-refractivity contribution in [2.75, 3.05) is 19.8 Å². The van der Waals surface area contributed by atoms with E-state index in [2.05, 4.69) is 9.97 Å². The molecule has 1 unspecified atom stereocenters. The molecule has 7 rings (SSSR count). The van der Waals surface area contributed by atoms with Crippen LogP contribution in [0.15, 0.2) is 16.4 Å². The van der Waals surface area contributed by atoms with Gasteiger partial charge in [-0.1, -0.05) is 18.3 Å². The van der Waals surface area contributed by atoms with Gasteiger partial charge in [0.15, 0.2) is 11.2 Å². The second-order valence-corrected chi connectivity index (χ2v) is 11.0. The molecule has 0 amide bonds. The second-order valence-electron chi connectivity index (χ2n) is 10.1. The highest BCUT2D eigenvalue weighted by Crippen LogP contribution is 2.57. The molecular formula is C24H31N5O4S. The summed E-state index contributed by atoms with van der Waals surface area (Å²) in [4.78, 5) is 30.6. The van der Waals surface area contributed by atoms with Crippen molar-refractivity contribution in [3.8, 4) is 11.2 Å². The van der Waals surface area contributed by atoms with Gasteiger partial charge >= 0.3 is 6.01 Å². The molecule has 4 fully saturated rings. The minimum Gasteiger partial charge on any atom is -0.469 e. The maximum absolute atomic E-state index is 13.4. The van der Waals surface area contributed by atoms with Gasteiger partial charge in [0.2, 0.25) is 0 Å². The van der Waals surface area contributed by atoms with Gasteiger partial charge in [-0.25, -0.2) is 9.97 Å². The predicted octanol–water partition coefficient (Wildman–Crippen LogP) is 3.82. The van der Waals surface area contributed by atoms with Crippen LogP contribution in [0.1, 0.15) is 64.1 Å². The fourth-order valence-corrected chi connectivity index (χ4v) is 6.30. The third kappa shape index (κ3) is 3.80. The lowest BCUT2D eigenvalue weighted by atomic mass is 9.53. The molecule has 1 saturated heterocycles. The standard InChI is InChI=1S/C24H31N5O4S/c1-2-11-29-19(30)17-18(28-21(29)33-16-3-12-31-14-16)27-20(26-17)24-7-4-23(5-8-24,6-9-24)15-32-22-25-10-13-34-22/h10,13,16H,2-9,11-12,14-15H2,1H3,(H,26,27). The molecule has 1 N–H and O–H groups in total. The molecule has 182 valence electrons. The van der Waals surface area contributed by atoms with Gasteiger partial charge in [0.05, 0.1) is 19.8 Å². The van der Waals surface area contributed by atoms with E-state index in [1.54, 1.807) is 22.1 Å². The average molecular weight is 486 g/mol. The molecule has 3 aromatic heterocycles. The molecule has 0 radical (unpaired) electrons. The third-order valence-electron chi connectivity index (χ3n) is 8.00. The lowest BCUT2D eigenvalue weighted by Crippen LogP contribution is -2.47. The Morgan fingerprint density at radius 1 is 1.24 bits per heavy atom. The Bertz CT molecular complexity index is 1190. The molecule has 34 heavy (non-hydrogen) atoms. The number of thiazole rings is 1. The molecule has 10 heteroatoms. The Kier molecular flexibility index (Phi) is 5.60. The fraction of sp³-hybridized carbons (Fsp3) is 0.667. The minimum absolute atomic E-state index is 0.0219. The number of ether oxygens (including phenoxy) is 3. The van der Waals surface area contributed by atoms with Crippen LogP contribution in [-0.4, -0.2) is 50.4 Å². The van der Waals surface area contributed by atoms with Gasteiger partial charge < -0.3 is 19.2 Å². The van der Waals surface area contributed by atoms with Crippen molar-refractivity contribution < 1.29 is 14.2 Å². The first-order valence-electron chi connectivity index (χ1n) is 12.4. The SMILES string of the molecule is CCCn1c(OC2CCOC2)nc2nc(C34CCC(COc5nccs5)(CC3)CC4)[nH]c2c1=O. The van der Waals surface area contributed by atoms with Crippen molar-refractivity contribution in [2.24, 2.45) is 5.41 Å². The van der Waals surface area contributed by atoms with E-state index in [-0.39, 0.29) is 22.5 Å². The number of hydrogen-bond donors (Lipinski definition) is 1. The highest BCUT2D eigenvalue weighted by molar-refractivity contribution is 7.11. The molecule has 3 saturated carbocycles. The molecule has 2 bridgehead atoms. The first-order chi connectivity index (χ1) is 16.6. The zero-order chi connectivity index (χ0) is 23.2. The summed E-state index contributed by atoms with van der Waals surface area (Å²) in [7, 11) is 0. The van der Waals surface area contributed by atoms with E-state index < -0.39 is 0 Å². The zero-order valence-electron chi connectivity index (χ0n) is 19.5. The van der Waals surface area contributed by atoms with Gasteiger partial charge in [0.1, 0.15) is 11.9 Å². The number of hydrogen-bond acceptors (Lipinski definition) is 8. The molecule has 0 spiro atoms. The van der Waals surface area contributed by atoms with E-state index >= 15 is 0 Å². The first kappa shape index (κ1) is 22.0. The summed E-state index contributed by atoms with van der Waals surface area (Å²) in [5.74, 6) is 0.908. The number of fused-ring (bicyclic) bond motifs is 4.